The van der Waals surface area contributed by atoms with Crippen LogP contribution in [0.15, 0.2) is 48.5 Å². The predicted molar refractivity (Wildman–Crippen MR) is 101 cm³/mol. The maximum absolute atomic E-state index is 12.0. The number of nitrogens with one attached hydrogen (secondary N) is 1. The van der Waals surface area contributed by atoms with Gasteiger partial charge in [0, 0.05) is 10.7 Å². The average molecular weight is 369 g/mol. The molecule has 2 aromatic rings. The van der Waals surface area contributed by atoms with Crippen molar-refractivity contribution in [1.82, 2.24) is 4.90 Å². The van der Waals surface area contributed by atoms with Crippen LogP contribution in [0.5, 0.6) is 5.75 Å². The number of rotatable bonds is 6. The van der Waals surface area contributed by atoms with Crippen LogP contribution in [-0.2, 0) is 11.4 Å². The molecule has 130 valence electrons. The Labute approximate surface area is 154 Å². The summed E-state index contributed by atoms with van der Waals surface area (Å²) in [5.41, 5.74) is 1.80. The number of halogens is 2. The number of hydrogen-bond acceptors (Lipinski definition) is 3. The maximum atomic E-state index is 12.0. The number of hydrogen-bond donors (Lipinski definition) is 1. The molecule has 24 heavy (non-hydrogen) atoms. The Morgan fingerprint density at radius 2 is 1.71 bits per heavy atom. The quantitative estimate of drug-likeness (QED) is 0.829. The molecule has 4 nitrogen and oxygen atoms in total. The number of benzene rings is 2. The van der Waals surface area contributed by atoms with Crippen LogP contribution in [0.2, 0.25) is 5.02 Å². The standard InChI is InChI=1S/C18H21ClN2O2.ClH/c1-13(21(2)3)18(22)20-16-8-10-17(11-9-16)23-12-14-4-6-15(19)7-5-14;/h4-11,13H,12H2,1-3H3,(H,20,22);1H. The minimum absolute atomic E-state index is 0. The summed E-state index contributed by atoms with van der Waals surface area (Å²) in [7, 11) is 3.75. The highest BCUT2D eigenvalue weighted by molar-refractivity contribution is 6.30. The van der Waals surface area contributed by atoms with Gasteiger partial charge in [0.1, 0.15) is 12.4 Å². The van der Waals surface area contributed by atoms with Crippen LogP contribution in [0.1, 0.15) is 12.5 Å². The molecular formula is C18H22Cl2N2O2. The van der Waals surface area contributed by atoms with Gasteiger partial charge in [0.2, 0.25) is 5.91 Å². The van der Waals surface area contributed by atoms with Crippen LogP contribution in [0, 0.1) is 0 Å². The number of nitrogens with zero attached hydrogens (tertiary/aromatic N) is 1. The van der Waals surface area contributed by atoms with Crippen LogP contribution >= 0.6 is 24.0 Å². The molecule has 0 fully saturated rings. The average Bonchev–Trinajstić information content (AvgIpc) is 2.54. The molecule has 0 aliphatic heterocycles. The minimum Gasteiger partial charge on any atom is -0.489 e. The van der Waals surface area contributed by atoms with Crippen molar-refractivity contribution >= 4 is 35.6 Å². The Balaban J connectivity index is 0.00000288. The third kappa shape index (κ3) is 6.04. The summed E-state index contributed by atoms with van der Waals surface area (Å²) in [4.78, 5) is 13.8. The molecule has 0 aliphatic rings. The van der Waals surface area contributed by atoms with Crippen molar-refractivity contribution in [3.8, 4) is 5.75 Å². The highest BCUT2D eigenvalue weighted by atomic mass is 35.5. The van der Waals surface area contributed by atoms with Crippen LogP contribution in [0.3, 0.4) is 0 Å². The molecule has 2 rings (SSSR count). The van der Waals surface area contributed by atoms with Crippen molar-refractivity contribution in [2.45, 2.75) is 19.6 Å². The van der Waals surface area contributed by atoms with E-state index in [1.54, 1.807) is 0 Å². The third-order valence-corrected chi connectivity index (χ3v) is 3.85. The smallest absolute Gasteiger partial charge is 0.241 e. The zero-order valence-electron chi connectivity index (χ0n) is 14.0. The lowest BCUT2D eigenvalue weighted by Crippen LogP contribution is -2.37. The van der Waals surface area contributed by atoms with Crippen molar-refractivity contribution in [1.29, 1.82) is 0 Å². The van der Waals surface area contributed by atoms with Crippen molar-refractivity contribution in [3.05, 3.63) is 59.1 Å². The molecule has 0 aliphatic carbocycles. The summed E-state index contributed by atoms with van der Waals surface area (Å²) in [6.45, 7) is 2.33. The number of ether oxygens (including phenoxy) is 1. The summed E-state index contributed by atoms with van der Waals surface area (Å²) in [5, 5.41) is 3.59. The van der Waals surface area contributed by atoms with Gasteiger partial charge in [0.15, 0.2) is 0 Å². The second kappa shape index (κ2) is 9.52. The largest absolute Gasteiger partial charge is 0.489 e. The molecule has 1 atom stereocenters. The highest BCUT2D eigenvalue weighted by Gasteiger charge is 2.14. The van der Waals surface area contributed by atoms with Gasteiger partial charge in [-0.15, -0.1) is 12.4 Å². The zero-order valence-corrected chi connectivity index (χ0v) is 15.5. The predicted octanol–water partition coefficient (Wildman–Crippen LogP) is 4.23. The van der Waals surface area contributed by atoms with Gasteiger partial charge in [0.05, 0.1) is 6.04 Å². The van der Waals surface area contributed by atoms with E-state index in [-0.39, 0.29) is 24.4 Å². The van der Waals surface area contributed by atoms with Crippen molar-refractivity contribution < 1.29 is 9.53 Å². The monoisotopic (exact) mass is 368 g/mol. The molecule has 0 saturated carbocycles. The fraction of sp³-hybridized carbons (Fsp3) is 0.278. The van der Waals surface area contributed by atoms with Gasteiger partial charge in [-0.1, -0.05) is 23.7 Å². The third-order valence-electron chi connectivity index (χ3n) is 3.59. The minimum atomic E-state index is -0.184. The van der Waals surface area contributed by atoms with E-state index in [1.807, 2.05) is 74.4 Å². The molecule has 1 unspecified atom stereocenters. The summed E-state index contributed by atoms with van der Waals surface area (Å²) in [6, 6.07) is 14.7. The highest BCUT2D eigenvalue weighted by Crippen LogP contribution is 2.18. The lowest BCUT2D eigenvalue weighted by molar-refractivity contribution is -0.119. The molecule has 2 aromatic carbocycles. The lowest BCUT2D eigenvalue weighted by Gasteiger charge is -2.19. The second-order valence-corrected chi connectivity index (χ2v) is 6.00. The maximum Gasteiger partial charge on any atom is 0.241 e. The summed E-state index contributed by atoms with van der Waals surface area (Å²) in [5.74, 6) is 0.712. The van der Waals surface area contributed by atoms with Crippen LogP contribution in [-0.4, -0.2) is 30.9 Å². The Morgan fingerprint density at radius 1 is 1.12 bits per heavy atom. The van der Waals surface area contributed by atoms with E-state index in [9.17, 15) is 4.79 Å². The van der Waals surface area contributed by atoms with E-state index in [4.69, 9.17) is 16.3 Å². The normalized spacial score (nSPS) is 11.5. The topological polar surface area (TPSA) is 41.6 Å². The Morgan fingerprint density at radius 3 is 2.25 bits per heavy atom. The lowest BCUT2D eigenvalue weighted by atomic mass is 10.2. The first-order valence-corrected chi connectivity index (χ1v) is 7.78. The number of amides is 1. The second-order valence-electron chi connectivity index (χ2n) is 5.57. The van der Waals surface area contributed by atoms with Gasteiger partial charge in [-0.05, 0) is 63.0 Å². The Hall–Kier alpha value is -1.75. The van der Waals surface area contributed by atoms with Crippen molar-refractivity contribution in [3.63, 3.8) is 0 Å². The van der Waals surface area contributed by atoms with Gasteiger partial charge >= 0.3 is 0 Å². The molecule has 0 radical (unpaired) electrons. The fourth-order valence-electron chi connectivity index (χ4n) is 1.86. The molecular weight excluding hydrogens is 347 g/mol. The molecule has 1 N–H and O–H groups in total. The molecule has 6 heteroatoms. The fourth-order valence-corrected chi connectivity index (χ4v) is 1.99. The molecule has 0 heterocycles. The van der Waals surface area contributed by atoms with Crippen LogP contribution in [0.4, 0.5) is 5.69 Å². The Bertz CT molecular complexity index is 643. The number of likely N-dealkylation sites (N-methyl/N-ethyl adjacent to an activating group) is 1. The summed E-state index contributed by atoms with van der Waals surface area (Å²) >= 11 is 5.85. The van der Waals surface area contributed by atoms with Gasteiger partial charge in [-0.3, -0.25) is 9.69 Å². The van der Waals surface area contributed by atoms with E-state index in [1.165, 1.54) is 0 Å². The van der Waals surface area contributed by atoms with Crippen LogP contribution in [0.25, 0.3) is 0 Å². The first-order valence-electron chi connectivity index (χ1n) is 7.40. The van der Waals surface area contributed by atoms with Crippen molar-refractivity contribution in [2.24, 2.45) is 0 Å². The van der Waals surface area contributed by atoms with E-state index in [2.05, 4.69) is 5.32 Å². The number of carbonyl (C=O) groups is 1. The summed E-state index contributed by atoms with van der Waals surface area (Å²) in [6.07, 6.45) is 0. The van der Waals surface area contributed by atoms with Crippen LogP contribution < -0.4 is 10.1 Å². The molecule has 0 bridgehead atoms. The first-order chi connectivity index (χ1) is 11.0. The first kappa shape index (κ1) is 20.3. The molecule has 0 spiro atoms. The zero-order chi connectivity index (χ0) is 16.8. The molecule has 1 amide bonds. The van der Waals surface area contributed by atoms with E-state index in [0.717, 1.165) is 17.0 Å². The number of carbonyl (C=O) groups excluding carboxylic acids is 1. The SMILES string of the molecule is CC(C(=O)Nc1ccc(OCc2ccc(Cl)cc2)cc1)N(C)C.Cl. The van der Waals surface area contributed by atoms with E-state index < -0.39 is 0 Å². The number of anilines is 1. The van der Waals surface area contributed by atoms with Gasteiger partial charge in [-0.25, -0.2) is 0 Å². The molecule has 0 saturated heterocycles. The molecule has 0 aromatic heterocycles. The van der Waals surface area contributed by atoms with Crippen molar-refractivity contribution in [2.75, 3.05) is 19.4 Å². The van der Waals surface area contributed by atoms with E-state index in [0.29, 0.717) is 11.6 Å². The van der Waals surface area contributed by atoms with Gasteiger partial charge in [0.25, 0.3) is 0 Å². The van der Waals surface area contributed by atoms with Gasteiger partial charge in [-0.2, -0.15) is 0 Å². The van der Waals surface area contributed by atoms with Gasteiger partial charge < -0.3 is 10.1 Å². The summed E-state index contributed by atoms with van der Waals surface area (Å²) < 4.78 is 5.71. The Kier molecular flexibility index (Phi) is 8.05. The van der Waals surface area contributed by atoms with E-state index >= 15 is 0 Å².